The number of nitrogens with two attached hydrogens (primary N) is 1. The van der Waals surface area contributed by atoms with Gasteiger partial charge in [0.05, 0.1) is 10.2 Å². The van der Waals surface area contributed by atoms with Crippen molar-refractivity contribution in [3.05, 3.63) is 24.3 Å². The third-order valence-electron chi connectivity index (χ3n) is 2.37. The smallest absolute Gasteiger partial charge is 0.222 e. The second kappa shape index (κ2) is 5.75. The van der Waals surface area contributed by atoms with Crippen molar-refractivity contribution in [2.45, 2.75) is 26.2 Å². The van der Waals surface area contributed by atoms with Crippen LogP contribution < -0.4 is 11.0 Å². The molecule has 2 N–H and O–H groups in total. The lowest BCUT2D eigenvalue weighted by Crippen LogP contribution is -2.24. The first kappa shape index (κ1) is 12.0. The highest BCUT2D eigenvalue weighted by molar-refractivity contribution is 7.22. The zero-order valence-corrected chi connectivity index (χ0v) is 10.7. The van der Waals surface area contributed by atoms with E-state index in [1.807, 2.05) is 30.5 Å². The van der Waals surface area contributed by atoms with Gasteiger partial charge in [0.15, 0.2) is 0 Å². The van der Waals surface area contributed by atoms with Gasteiger partial charge in [-0.1, -0.05) is 36.8 Å². The number of benzene rings is 1. The monoisotopic (exact) mass is 248 g/mol. The van der Waals surface area contributed by atoms with Gasteiger partial charge in [0, 0.05) is 6.21 Å². The highest BCUT2D eigenvalue weighted by Gasteiger charge is 2.06. The summed E-state index contributed by atoms with van der Waals surface area (Å²) in [5.41, 5.74) is 0.965. The number of hydrazone groups is 1. The number of hydrazine groups is 1. The molecule has 90 valence electrons. The predicted molar refractivity (Wildman–Crippen MR) is 74.3 cm³/mol. The van der Waals surface area contributed by atoms with Gasteiger partial charge in [0.1, 0.15) is 0 Å². The summed E-state index contributed by atoms with van der Waals surface area (Å²) in [4.78, 5) is 4.42. The molecule has 0 saturated carbocycles. The number of aromatic nitrogens is 1. The Hall–Kier alpha value is -1.46. The Morgan fingerprint density at radius 2 is 2.29 bits per heavy atom. The van der Waals surface area contributed by atoms with Crippen molar-refractivity contribution in [1.29, 1.82) is 0 Å². The molecule has 1 aromatic heterocycles. The van der Waals surface area contributed by atoms with Gasteiger partial charge in [0.2, 0.25) is 5.13 Å². The fourth-order valence-electron chi connectivity index (χ4n) is 1.45. The Kier molecular flexibility index (Phi) is 4.06. The SMILES string of the molecule is CCCC/C=N/N(N)c1nc2ccccc2s1. The second-order valence-electron chi connectivity index (χ2n) is 3.75. The van der Waals surface area contributed by atoms with E-state index in [9.17, 15) is 0 Å². The molecule has 0 saturated heterocycles. The highest BCUT2D eigenvalue weighted by Crippen LogP contribution is 2.26. The summed E-state index contributed by atoms with van der Waals surface area (Å²) < 4.78 is 1.13. The van der Waals surface area contributed by atoms with E-state index in [1.54, 1.807) is 11.3 Å². The number of unbranched alkanes of at least 4 members (excludes halogenated alkanes) is 2. The van der Waals surface area contributed by atoms with Crippen LogP contribution in [0, 0.1) is 0 Å². The lowest BCUT2D eigenvalue weighted by molar-refractivity contribution is 0.832. The summed E-state index contributed by atoms with van der Waals surface area (Å²) in [5, 5.41) is 6.23. The van der Waals surface area contributed by atoms with Crippen LogP contribution in [0.5, 0.6) is 0 Å². The van der Waals surface area contributed by atoms with Crippen LogP contribution in [0.25, 0.3) is 10.2 Å². The third kappa shape index (κ3) is 3.01. The van der Waals surface area contributed by atoms with E-state index in [0.29, 0.717) is 0 Å². The molecule has 0 amide bonds. The maximum absolute atomic E-state index is 5.82. The lowest BCUT2D eigenvalue weighted by Gasteiger charge is -2.06. The van der Waals surface area contributed by atoms with Crippen molar-refractivity contribution in [1.82, 2.24) is 4.98 Å². The minimum atomic E-state index is 0.721. The van der Waals surface area contributed by atoms with E-state index < -0.39 is 0 Å². The van der Waals surface area contributed by atoms with E-state index >= 15 is 0 Å². The molecule has 0 fully saturated rings. The molecule has 4 nitrogen and oxygen atoms in total. The zero-order chi connectivity index (χ0) is 12.1. The highest BCUT2D eigenvalue weighted by atomic mass is 32.1. The molecular formula is C12H16N4S. The van der Waals surface area contributed by atoms with Gasteiger partial charge in [-0.2, -0.15) is 10.2 Å². The van der Waals surface area contributed by atoms with Crippen LogP contribution in [0.3, 0.4) is 0 Å². The fraction of sp³-hybridized carbons (Fsp3) is 0.333. The molecule has 1 heterocycles. The second-order valence-corrected chi connectivity index (χ2v) is 4.76. The molecule has 0 aliphatic carbocycles. The van der Waals surface area contributed by atoms with Crippen molar-refractivity contribution in [3.8, 4) is 0 Å². The van der Waals surface area contributed by atoms with Crippen molar-refractivity contribution in [2.75, 3.05) is 5.12 Å². The summed E-state index contributed by atoms with van der Waals surface area (Å²) in [5.74, 6) is 5.82. The molecule has 0 spiro atoms. The van der Waals surface area contributed by atoms with E-state index in [1.165, 1.54) is 5.12 Å². The minimum Gasteiger partial charge on any atom is -0.224 e. The van der Waals surface area contributed by atoms with Crippen LogP contribution in [-0.4, -0.2) is 11.2 Å². The molecule has 0 atom stereocenters. The van der Waals surface area contributed by atoms with Gasteiger partial charge in [0.25, 0.3) is 0 Å². The first-order valence-electron chi connectivity index (χ1n) is 5.74. The number of fused-ring (bicyclic) bond motifs is 1. The van der Waals surface area contributed by atoms with E-state index in [2.05, 4.69) is 17.0 Å². The van der Waals surface area contributed by atoms with Crippen LogP contribution in [0.15, 0.2) is 29.4 Å². The van der Waals surface area contributed by atoms with Crippen LogP contribution in [0.1, 0.15) is 26.2 Å². The summed E-state index contributed by atoms with van der Waals surface area (Å²) in [6.45, 7) is 2.15. The van der Waals surface area contributed by atoms with Crippen LogP contribution >= 0.6 is 11.3 Å². The standard InChI is InChI=1S/C12H16N4S/c1-2-3-6-9-14-16(13)12-15-10-7-4-5-8-11(10)17-12/h4-5,7-9H,2-3,6,13H2,1H3/b14-9+. The van der Waals surface area contributed by atoms with Crippen LogP contribution in [-0.2, 0) is 0 Å². The number of para-hydroxylation sites is 1. The molecule has 17 heavy (non-hydrogen) atoms. The zero-order valence-electron chi connectivity index (χ0n) is 9.84. The maximum atomic E-state index is 5.82. The number of nitrogens with zero attached hydrogens (tertiary/aromatic N) is 3. The first-order valence-corrected chi connectivity index (χ1v) is 6.55. The van der Waals surface area contributed by atoms with Gasteiger partial charge in [-0.25, -0.2) is 10.8 Å². The number of thiazole rings is 1. The van der Waals surface area contributed by atoms with Crippen molar-refractivity contribution >= 4 is 32.9 Å². The van der Waals surface area contributed by atoms with Gasteiger partial charge in [-0.3, -0.25) is 0 Å². The van der Waals surface area contributed by atoms with Gasteiger partial charge < -0.3 is 0 Å². The predicted octanol–water partition coefficient (Wildman–Crippen LogP) is 3.15. The molecule has 0 radical (unpaired) electrons. The molecule has 2 rings (SSSR count). The Morgan fingerprint density at radius 3 is 3.06 bits per heavy atom. The average Bonchev–Trinajstić information content (AvgIpc) is 2.78. The molecule has 2 aromatic rings. The number of hydrogen-bond acceptors (Lipinski definition) is 5. The number of hydrogen-bond donors (Lipinski definition) is 1. The number of rotatable bonds is 5. The van der Waals surface area contributed by atoms with E-state index in [4.69, 9.17) is 5.84 Å². The van der Waals surface area contributed by atoms with Crippen LogP contribution in [0.2, 0.25) is 0 Å². The Balaban J connectivity index is 2.08. The first-order chi connectivity index (χ1) is 8.31. The Morgan fingerprint density at radius 1 is 1.47 bits per heavy atom. The van der Waals surface area contributed by atoms with Gasteiger partial charge in [-0.15, -0.1) is 0 Å². The Bertz CT molecular complexity index is 473. The molecule has 0 aliphatic heterocycles. The third-order valence-corrected chi connectivity index (χ3v) is 3.40. The van der Waals surface area contributed by atoms with E-state index in [0.717, 1.165) is 34.6 Å². The molecule has 0 bridgehead atoms. The molecule has 1 aromatic carbocycles. The maximum Gasteiger partial charge on any atom is 0.222 e. The number of anilines is 1. The largest absolute Gasteiger partial charge is 0.224 e. The topological polar surface area (TPSA) is 54.5 Å². The summed E-state index contributed by atoms with van der Waals surface area (Å²) in [7, 11) is 0. The van der Waals surface area contributed by atoms with Crippen molar-refractivity contribution in [3.63, 3.8) is 0 Å². The fourth-order valence-corrected chi connectivity index (χ4v) is 2.29. The van der Waals surface area contributed by atoms with Crippen LogP contribution in [0.4, 0.5) is 5.13 Å². The molecule has 0 unspecified atom stereocenters. The average molecular weight is 248 g/mol. The summed E-state index contributed by atoms with van der Waals surface area (Å²) >= 11 is 1.55. The van der Waals surface area contributed by atoms with Crippen molar-refractivity contribution in [2.24, 2.45) is 10.9 Å². The van der Waals surface area contributed by atoms with Gasteiger partial charge in [-0.05, 0) is 25.0 Å². The quantitative estimate of drug-likeness (QED) is 0.383. The molecular weight excluding hydrogens is 232 g/mol. The lowest BCUT2D eigenvalue weighted by atomic mass is 10.3. The summed E-state index contributed by atoms with van der Waals surface area (Å²) in [6, 6.07) is 7.97. The molecule has 0 aliphatic rings. The van der Waals surface area contributed by atoms with Gasteiger partial charge >= 0.3 is 0 Å². The normalized spacial score (nSPS) is 11.4. The van der Waals surface area contributed by atoms with Crippen molar-refractivity contribution < 1.29 is 0 Å². The minimum absolute atomic E-state index is 0.721. The summed E-state index contributed by atoms with van der Waals surface area (Å²) in [6.07, 6.45) is 5.10. The van der Waals surface area contributed by atoms with E-state index in [-0.39, 0.29) is 0 Å². The Labute approximate surface area is 105 Å². The molecule has 5 heteroatoms.